The number of para-hydroxylation sites is 2. The van der Waals surface area contributed by atoms with Crippen molar-refractivity contribution in [2.24, 2.45) is 0 Å². The molecule has 10 aromatic carbocycles. The van der Waals surface area contributed by atoms with Gasteiger partial charge in [-0.15, -0.1) is 0 Å². The minimum atomic E-state index is 0.911. The normalized spacial score (nSPS) is 11.5. The van der Waals surface area contributed by atoms with Crippen LogP contribution in [-0.4, -0.2) is 4.57 Å². The first-order chi connectivity index (χ1) is 31.2. The average molecular weight is 805 g/mol. The Morgan fingerprint density at radius 3 is 1.24 bits per heavy atom. The Labute approximate surface area is 366 Å². The molecule has 2 heterocycles. The summed E-state index contributed by atoms with van der Waals surface area (Å²) in [6.07, 6.45) is 0. The van der Waals surface area contributed by atoms with E-state index in [1.54, 1.807) is 0 Å². The molecule has 0 atom stereocenters. The van der Waals surface area contributed by atoms with Crippen molar-refractivity contribution >= 4 is 60.8 Å². The minimum absolute atomic E-state index is 0.911. The van der Waals surface area contributed by atoms with Crippen molar-refractivity contribution in [2.45, 2.75) is 0 Å². The molecule has 0 spiro atoms. The highest BCUT2D eigenvalue weighted by atomic mass is 16.3. The summed E-state index contributed by atoms with van der Waals surface area (Å²) < 4.78 is 8.52. The fraction of sp³-hybridized carbons (Fsp3) is 0. The summed E-state index contributed by atoms with van der Waals surface area (Å²) in [6.45, 7) is 0. The molecule has 0 N–H and O–H groups in total. The minimum Gasteiger partial charge on any atom is -0.456 e. The number of rotatable bonds is 8. The van der Waals surface area contributed by atoms with E-state index < -0.39 is 0 Å². The highest BCUT2D eigenvalue weighted by Crippen LogP contribution is 2.40. The number of aromatic nitrogens is 1. The molecule has 3 nitrogen and oxygen atoms in total. The largest absolute Gasteiger partial charge is 0.456 e. The van der Waals surface area contributed by atoms with Crippen molar-refractivity contribution in [1.29, 1.82) is 0 Å². The van der Waals surface area contributed by atoms with Crippen LogP contribution in [0, 0.1) is 0 Å². The predicted molar refractivity (Wildman–Crippen MR) is 264 cm³/mol. The molecule has 0 amide bonds. The van der Waals surface area contributed by atoms with Gasteiger partial charge in [-0.05, 0) is 129 Å². The molecule has 63 heavy (non-hydrogen) atoms. The molecular formula is C60H40N2O. The molecule has 0 unspecified atom stereocenters. The Kier molecular flexibility index (Phi) is 8.83. The highest BCUT2D eigenvalue weighted by Gasteiger charge is 2.17. The van der Waals surface area contributed by atoms with Crippen LogP contribution in [0.15, 0.2) is 247 Å². The van der Waals surface area contributed by atoms with E-state index in [1.807, 2.05) is 12.1 Å². The molecule has 0 radical (unpaired) electrons. The van der Waals surface area contributed by atoms with Crippen LogP contribution in [0.5, 0.6) is 0 Å². The zero-order chi connectivity index (χ0) is 41.7. The van der Waals surface area contributed by atoms with Crippen molar-refractivity contribution < 1.29 is 4.42 Å². The number of fused-ring (bicyclic) bond motifs is 6. The van der Waals surface area contributed by atoms with Gasteiger partial charge in [0.1, 0.15) is 11.2 Å². The van der Waals surface area contributed by atoms with Gasteiger partial charge in [-0.25, -0.2) is 0 Å². The molecular weight excluding hydrogens is 765 g/mol. The summed E-state index contributed by atoms with van der Waals surface area (Å²) in [5, 5.41) is 4.75. The summed E-state index contributed by atoms with van der Waals surface area (Å²) in [4.78, 5) is 2.34. The van der Waals surface area contributed by atoms with Crippen LogP contribution in [0.25, 0.3) is 93.9 Å². The van der Waals surface area contributed by atoms with E-state index in [0.717, 1.165) is 44.7 Å². The Hall–Kier alpha value is -8.40. The van der Waals surface area contributed by atoms with E-state index in [4.69, 9.17) is 4.42 Å². The van der Waals surface area contributed by atoms with Gasteiger partial charge < -0.3 is 13.9 Å². The number of anilines is 3. The van der Waals surface area contributed by atoms with Crippen LogP contribution in [0.3, 0.4) is 0 Å². The number of hydrogen-bond donors (Lipinski definition) is 0. The maximum Gasteiger partial charge on any atom is 0.135 e. The van der Waals surface area contributed by atoms with Gasteiger partial charge in [0.25, 0.3) is 0 Å². The molecule has 0 fully saturated rings. The van der Waals surface area contributed by atoms with Crippen LogP contribution in [0.4, 0.5) is 17.1 Å². The van der Waals surface area contributed by atoms with Gasteiger partial charge >= 0.3 is 0 Å². The van der Waals surface area contributed by atoms with Crippen LogP contribution in [-0.2, 0) is 0 Å². The SMILES string of the molecule is c1ccc(-c2ccc(N(c3ccc(-c4ccccc4)cc3)c3ccc(-c4ccc(-n5c6ccccc6c6cc(-c7ccc8oc9ccccc9c8c7)ccc65)cc4)cc3)cc2)cc1. The van der Waals surface area contributed by atoms with Gasteiger partial charge in [-0.1, -0.05) is 158 Å². The lowest BCUT2D eigenvalue weighted by Gasteiger charge is -2.26. The fourth-order valence-electron chi connectivity index (χ4n) is 9.26. The first-order valence-electron chi connectivity index (χ1n) is 21.5. The lowest BCUT2D eigenvalue weighted by molar-refractivity contribution is 0.669. The molecule has 0 bridgehead atoms. The van der Waals surface area contributed by atoms with Crippen molar-refractivity contribution in [3.8, 4) is 50.2 Å². The van der Waals surface area contributed by atoms with Gasteiger partial charge in [0, 0.05) is 44.3 Å². The van der Waals surface area contributed by atoms with Gasteiger partial charge in [0.2, 0.25) is 0 Å². The van der Waals surface area contributed by atoms with E-state index in [-0.39, 0.29) is 0 Å². The third kappa shape index (κ3) is 6.55. The molecule has 0 saturated carbocycles. The van der Waals surface area contributed by atoms with E-state index in [2.05, 4.69) is 240 Å². The number of furan rings is 1. The van der Waals surface area contributed by atoms with Crippen LogP contribution in [0.2, 0.25) is 0 Å². The van der Waals surface area contributed by atoms with Crippen LogP contribution in [0.1, 0.15) is 0 Å². The van der Waals surface area contributed by atoms with Crippen LogP contribution >= 0.6 is 0 Å². The number of benzene rings is 10. The molecule has 2 aromatic heterocycles. The Balaban J connectivity index is 0.868. The van der Waals surface area contributed by atoms with Gasteiger partial charge in [0.05, 0.1) is 11.0 Å². The molecule has 296 valence electrons. The van der Waals surface area contributed by atoms with Gasteiger partial charge in [0.15, 0.2) is 0 Å². The second kappa shape index (κ2) is 15.3. The number of hydrogen-bond acceptors (Lipinski definition) is 2. The molecule has 0 aliphatic heterocycles. The standard InChI is InChI=1S/C60H40N2O/c1-3-11-41(12-4-1)43-19-29-49(30-20-43)61(50-31-21-44(22-32-50)42-13-5-2-6-14-42)51-33-23-45(24-34-51)46-25-35-52(36-26-46)62-57-17-9-7-15-53(57)55-39-47(27-37-58(55)62)48-28-38-60-56(40-48)54-16-8-10-18-59(54)63-60/h1-40H. The maximum absolute atomic E-state index is 6.13. The summed E-state index contributed by atoms with van der Waals surface area (Å²) >= 11 is 0. The topological polar surface area (TPSA) is 21.3 Å². The van der Waals surface area contributed by atoms with Crippen molar-refractivity contribution in [2.75, 3.05) is 4.90 Å². The highest BCUT2D eigenvalue weighted by molar-refractivity contribution is 6.11. The van der Waals surface area contributed by atoms with E-state index in [1.165, 1.54) is 66.3 Å². The molecule has 0 aliphatic rings. The first kappa shape index (κ1) is 36.5. The molecule has 12 rings (SSSR count). The van der Waals surface area contributed by atoms with E-state index in [9.17, 15) is 0 Å². The van der Waals surface area contributed by atoms with Gasteiger partial charge in [-0.2, -0.15) is 0 Å². The van der Waals surface area contributed by atoms with Crippen molar-refractivity contribution in [1.82, 2.24) is 4.57 Å². The average Bonchev–Trinajstić information content (AvgIpc) is 3.90. The summed E-state index contributed by atoms with van der Waals surface area (Å²) in [7, 11) is 0. The Bertz CT molecular complexity index is 3480. The van der Waals surface area contributed by atoms with Crippen LogP contribution < -0.4 is 4.90 Å². The van der Waals surface area contributed by atoms with E-state index >= 15 is 0 Å². The first-order valence-corrected chi connectivity index (χ1v) is 21.5. The monoisotopic (exact) mass is 804 g/mol. The second-order valence-corrected chi connectivity index (χ2v) is 16.1. The van der Waals surface area contributed by atoms with Gasteiger partial charge in [-0.3, -0.25) is 0 Å². The van der Waals surface area contributed by atoms with E-state index in [0.29, 0.717) is 0 Å². The fourth-order valence-corrected chi connectivity index (χ4v) is 9.26. The van der Waals surface area contributed by atoms with Crippen molar-refractivity contribution in [3.63, 3.8) is 0 Å². The van der Waals surface area contributed by atoms with Crippen molar-refractivity contribution in [3.05, 3.63) is 243 Å². The molecule has 3 heteroatoms. The summed E-state index contributed by atoms with van der Waals surface area (Å²) in [6, 6.07) is 87.1. The quantitative estimate of drug-likeness (QED) is 0.153. The summed E-state index contributed by atoms with van der Waals surface area (Å²) in [5.41, 5.74) is 18.1. The zero-order valence-corrected chi connectivity index (χ0v) is 34.4. The second-order valence-electron chi connectivity index (χ2n) is 16.1. The molecule has 0 aliphatic carbocycles. The lowest BCUT2D eigenvalue weighted by atomic mass is 10.0. The Morgan fingerprint density at radius 1 is 0.270 bits per heavy atom. The Morgan fingerprint density at radius 2 is 0.667 bits per heavy atom. The number of nitrogens with zero attached hydrogens (tertiary/aromatic N) is 2. The predicted octanol–water partition coefficient (Wildman–Crippen LogP) is 16.8. The third-order valence-electron chi connectivity index (χ3n) is 12.4. The lowest BCUT2D eigenvalue weighted by Crippen LogP contribution is -2.09. The molecule has 0 saturated heterocycles. The maximum atomic E-state index is 6.13. The summed E-state index contributed by atoms with van der Waals surface area (Å²) in [5.74, 6) is 0. The molecule has 12 aromatic rings. The zero-order valence-electron chi connectivity index (χ0n) is 34.4. The third-order valence-corrected chi connectivity index (χ3v) is 12.4. The smallest absolute Gasteiger partial charge is 0.135 e.